The standard InChI is InChI=1S/C10H15NOS/c1-8(11(2)3)12-9-4-6-10(13)7-5-9/h4-8,13H,1-3H3. The number of nitrogens with zero attached hydrogens (tertiary/aromatic N) is 1. The third-order valence-corrected chi connectivity index (χ3v) is 2.17. The van der Waals surface area contributed by atoms with Crippen molar-refractivity contribution >= 4 is 12.6 Å². The van der Waals surface area contributed by atoms with E-state index in [1.165, 1.54) is 0 Å². The van der Waals surface area contributed by atoms with E-state index in [0.717, 1.165) is 10.6 Å². The minimum Gasteiger partial charge on any atom is -0.475 e. The quantitative estimate of drug-likeness (QED) is 0.589. The number of ether oxygens (including phenoxy) is 1. The summed E-state index contributed by atoms with van der Waals surface area (Å²) < 4.78 is 5.62. The summed E-state index contributed by atoms with van der Waals surface area (Å²) in [5.74, 6) is 0.874. The van der Waals surface area contributed by atoms with Crippen LogP contribution in [0.1, 0.15) is 6.92 Å². The highest BCUT2D eigenvalue weighted by atomic mass is 32.1. The Kier molecular flexibility index (Phi) is 3.63. The molecule has 2 nitrogen and oxygen atoms in total. The Hall–Kier alpha value is -0.670. The summed E-state index contributed by atoms with van der Waals surface area (Å²) in [4.78, 5) is 2.96. The van der Waals surface area contributed by atoms with Crippen molar-refractivity contribution in [1.82, 2.24) is 4.90 Å². The first kappa shape index (κ1) is 10.4. The van der Waals surface area contributed by atoms with E-state index >= 15 is 0 Å². The predicted octanol–water partition coefficient (Wildman–Crippen LogP) is 2.26. The smallest absolute Gasteiger partial charge is 0.149 e. The van der Waals surface area contributed by atoms with E-state index in [1.807, 2.05) is 50.2 Å². The van der Waals surface area contributed by atoms with Crippen LogP contribution in [0.15, 0.2) is 29.2 Å². The average Bonchev–Trinajstić information content (AvgIpc) is 2.08. The molecule has 0 aliphatic heterocycles. The Morgan fingerprint density at radius 3 is 2.23 bits per heavy atom. The van der Waals surface area contributed by atoms with Crippen LogP contribution in [0, 0.1) is 0 Å². The monoisotopic (exact) mass is 197 g/mol. The van der Waals surface area contributed by atoms with Crippen molar-refractivity contribution in [3.05, 3.63) is 24.3 Å². The number of benzene rings is 1. The normalized spacial score (nSPS) is 13.0. The second-order valence-corrected chi connectivity index (χ2v) is 3.69. The van der Waals surface area contributed by atoms with Crippen LogP contribution >= 0.6 is 12.6 Å². The van der Waals surface area contributed by atoms with Gasteiger partial charge in [-0.2, -0.15) is 0 Å². The number of thiol groups is 1. The SMILES string of the molecule is CC(Oc1ccc(S)cc1)N(C)C. The molecule has 0 N–H and O–H groups in total. The van der Waals surface area contributed by atoms with E-state index < -0.39 is 0 Å². The molecule has 1 aromatic carbocycles. The van der Waals surface area contributed by atoms with Crippen molar-refractivity contribution in [3.63, 3.8) is 0 Å². The highest BCUT2D eigenvalue weighted by molar-refractivity contribution is 7.80. The van der Waals surface area contributed by atoms with Crippen molar-refractivity contribution in [2.24, 2.45) is 0 Å². The molecule has 1 rings (SSSR count). The molecule has 0 saturated heterocycles. The Morgan fingerprint density at radius 1 is 1.23 bits per heavy atom. The van der Waals surface area contributed by atoms with Gasteiger partial charge in [0.25, 0.3) is 0 Å². The predicted molar refractivity (Wildman–Crippen MR) is 57.5 cm³/mol. The van der Waals surface area contributed by atoms with Crippen LogP contribution in [0.2, 0.25) is 0 Å². The molecule has 1 atom stereocenters. The summed E-state index contributed by atoms with van der Waals surface area (Å²) in [6, 6.07) is 7.67. The molecule has 0 saturated carbocycles. The van der Waals surface area contributed by atoms with Crippen LogP contribution in [0.3, 0.4) is 0 Å². The van der Waals surface area contributed by atoms with Crippen molar-refractivity contribution in [2.75, 3.05) is 14.1 Å². The Balaban J connectivity index is 2.59. The zero-order valence-corrected chi connectivity index (χ0v) is 9.08. The molecule has 0 heterocycles. The maximum atomic E-state index is 5.62. The fourth-order valence-electron chi connectivity index (χ4n) is 0.827. The first-order valence-corrected chi connectivity index (χ1v) is 4.66. The minimum atomic E-state index is 0.0887. The lowest BCUT2D eigenvalue weighted by atomic mass is 10.3. The van der Waals surface area contributed by atoms with Crippen LogP contribution in [-0.4, -0.2) is 25.2 Å². The van der Waals surface area contributed by atoms with E-state index in [2.05, 4.69) is 12.6 Å². The van der Waals surface area contributed by atoms with Crippen LogP contribution in [0.5, 0.6) is 5.75 Å². The molecule has 1 aromatic rings. The molecular weight excluding hydrogens is 182 g/mol. The van der Waals surface area contributed by atoms with Gasteiger partial charge in [0.05, 0.1) is 0 Å². The second kappa shape index (κ2) is 4.53. The van der Waals surface area contributed by atoms with Gasteiger partial charge in [-0.15, -0.1) is 12.6 Å². The van der Waals surface area contributed by atoms with Gasteiger partial charge in [-0.05, 0) is 45.3 Å². The van der Waals surface area contributed by atoms with Gasteiger partial charge in [0.2, 0.25) is 0 Å². The molecule has 13 heavy (non-hydrogen) atoms. The Bertz CT molecular complexity index is 258. The third-order valence-electron chi connectivity index (χ3n) is 1.87. The van der Waals surface area contributed by atoms with Crippen LogP contribution in [-0.2, 0) is 0 Å². The summed E-state index contributed by atoms with van der Waals surface area (Å²) in [7, 11) is 3.97. The first-order valence-electron chi connectivity index (χ1n) is 4.21. The lowest BCUT2D eigenvalue weighted by Gasteiger charge is -2.21. The maximum absolute atomic E-state index is 5.62. The number of hydrogen-bond acceptors (Lipinski definition) is 3. The summed E-state index contributed by atoms with van der Waals surface area (Å²) >= 11 is 4.20. The fourth-order valence-corrected chi connectivity index (χ4v) is 0.976. The summed E-state index contributed by atoms with van der Waals surface area (Å²) in [6.45, 7) is 2.01. The molecular formula is C10H15NOS. The van der Waals surface area contributed by atoms with E-state index in [0.29, 0.717) is 0 Å². The molecule has 0 radical (unpaired) electrons. The van der Waals surface area contributed by atoms with Gasteiger partial charge in [-0.1, -0.05) is 0 Å². The highest BCUT2D eigenvalue weighted by Crippen LogP contribution is 2.15. The Labute approximate surface area is 84.9 Å². The summed E-state index contributed by atoms with van der Waals surface area (Å²) in [5.41, 5.74) is 0. The lowest BCUT2D eigenvalue weighted by Crippen LogP contribution is -2.30. The van der Waals surface area contributed by atoms with E-state index in [4.69, 9.17) is 4.74 Å². The van der Waals surface area contributed by atoms with Gasteiger partial charge < -0.3 is 4.74 Å². The topological polar surface area (TPSA) is 12.5 Å². The first-order chi connectivity index (χ1) is 6.09. The molecule has 1 unspecified atom stereocenters. The van der Waals surface area contributed by atoms with Gasteiger partial charge in [-0.3, -0.25) is 4.90 Å². The molecule has 0 aromatic heterocycles. The fraction of sp³-hybridized carbons (Fsp3) is 0.400. The number of hydrogen-bond donors (Lipinski definition) is 1. The molecule has 0 amide bonds. The second-order valence-electron chi connectivity index (χ2n) is 3.17. The van der Waals surface area contributed by atoms with E-state index in [-0.39, 0.29) is 6.23 Å². The van der Waals surface area contributed by atoms with Crippen LogP contribution in [0.25, 0.3) is 0 Å². The van der Waals surface area contributed by atoms with Crippen molar-refractivity contribution in [3.8, 4) is 5.75 Å². The molecule has 72 valence electrons. The molecule has 0 aliphatic carbocycles. The zero-order chi connectivity index (χ0) is 9.84. The van der Waals surface area contributed by atoms with E-state index in [1.54, 1.807) is 0 Å². The van der Waals surface area contributed by atoms with Gasteiger partial charge in [0, 0.05) is 4.90 Å². The van der Waals surface area contributed by atoms with Gasteiger partial charge >= 0.3 is 0 Å². The van der Waals surface area contributed by atoms with Gasteiger partial charge in [0.15, 0.2) is 0 Å². The van der Waals surface area contributed by atoms with Crippen molar-refractivity contribution in [1.29, 1.82) is 0 Å². The molecule has 0 spiro atoms. The van der Waals surface area contributed by atoms with Crippen LogP contribution in [0.4, 0.5) is 0 Å². The van der Waals surface area contributed by atoms with Gasteiger partial charge in [-0.25, -0.2) is 0 Å². The lowest BCUT2D eigenvalue weighted by molar-refractivity contribution is 0.0815. The van der Waals surface area contributed by atoms with Crippen LogP contribution < -0.4 is 4.74 Å². The average molecular weight is 197 g/mol. The highest BCUT2D eigenvalue weighted by Gasteiger charge is 2.04. The zero-order valence-electron chi connectivity index (χ0n) is 8.19. The maximum Gasteiger partial charge on any atom is 0.149 e. The number of rotatable bonds is 3. The largest absolute Gasteiger partial charge is 0.475 e. The molecule has 3 heteroatoms. The Morgan fingerprint density at radius 2 is 1.77 bits per heavy atom. The summed E-state index contributed by atoms with van der Waals surface area (Å²) in [5, 5.41) is 0. The minimum absolute atomic E-state index is 0.0887. The summed E-state index contributed by atoms with van der Waals surface area (Å²) in [6.07, 6.45) is 0.0887. The molecule has 0 fully saturated rings. The molecule has 0 bridgehead atoms. The molecule has 0 aliphatic rings. The van der Waals surface area contributed by atoms with Gasteiger partial charge in [0.1, 0.15) is 12.0 Å². The van der Waals surface area contributed by atoms with Crippen molar-refractivity contribution in [2.45, 2.75) is 18.0 Å². The third kappa shape index (κ3) is 3.28. The van der Waals surface area contributed by atoms with E-state index in [9.17, 15) is 0 Å². The van der Waals surface area contributed by atoms with Crippen molar-refractivity contribution < 1.29 is 4.74 Å².